The molecule has 0 spiro atoms. The van der Waals surface area contributed by atoms with Gasteiger partial charge in [-0.1, -0.05) is 11.6 Å². The van der Waals surface area contributed by atoms with Crippen molar-refractivity contribution in [2.45, 2.75) is 12.8 Å². The van der Waals surface area contributed by atoms with E-state index in [4.69, 9.17) is 27.9 Å². The smallest absolute Gasteiger partial charge is 0.129 e. The number of alkyl halides is 1. The highest BCUT2D eigenvalue weighted by Crippen LogP contribution is 2.26. The van der Waals surface area contributed by atoms with E-state index in [0.29, 0.717) is 17.5 Å². The number of imidazole rings is 1. The molecule has 5 heteroatoms. The third-order valence-electron chi connectivity index (χ3n) is 3.21. The van der Waals surface area contributed by atoms with Crippen LogP contribution in [0.15, 0.2) is 42.5 Å². The molecule has 3 nitrogen and oxygen atoms in total. The molecule has 3 aromatic rings. The Bertz CT molecular complexity index is 766. The zero-order valence-corrected chi connectivity index (χ0v) is 13.0. The maximum absolute atomic E-state index is 6.10. The molecule has 0 N–H and O–H groups in total. The number of ether oxygens (including phenoxy) is 1. The van der Waals surface area contributed by atoms with E-state index < -0.39 is 0 Å². The van der Waals surface area contributed by atoms with Gasteiger partial charge in [0.05, 0.1) is 23.5 Å². The van der Waals surface area contributed by atoms with Crippen LogP contribution in [0.25, 0.3) is 16.7 Å². The molecule has 1 heterocycles. The second kappa shape index (κ2) is 5.96. The fourth-order valence-corrected chi connectivity index (χ4v) is 2.68. The Hall–Kier alpha value is -1.71. The lowest BCUT2D eigenvalue weighted by molar-refractivity contribution is 0.340. The average molecular weight is 321 g/mol. The molecule has 3 rings (SSSR count). The molecular formula is C16H14Cl2N2O. The van der Waals surface area contributed by atoms with Crippen molar-refractivity contribution in [2.24, 2.45) is 0 Å². The Morgan fingerprint density at radius 2 is 1.90 bits per heavy atom. The molecule has 0 aliphatic carbocycles. The van der Waals surface area contributed by atoms with E-state index in [1.807, 2.05) is 54.0 Å². The fourth-order valence-electron chi connectivity index (χ4n) is 2.33. The summed E-state index contributed by atoms with van der Waals surface area (Å²) in [5, 5.41) is 0.677. The van der Waals surface area contributed by atoms with E-state index in [9.17, 15) is 0 Å². The lowest BCUT2D eigenvalue weighted by atomic mass is 10.2. The summed E-state index contributed by atoms with van der Waals surface area (Å²) in [5.41, 5.74) is 2.81. The van der Waals surface area contributed by atoms with Gasteiger partial charge < -0.3 is 4.74 Å². The molecule has 0 aliphatic heterocycles. The van der Waals surface area contributed by atoms with Gasteiger partial charge in [-0.25, -0.2) is 4.98 Å². The molecular weight excluding hydrogens is 307 g/mol. The van der Waals surface area contributed by atoms with Crippen LogP contribution in [0.3, 0.4) is 0 Å². The van der Waals surface area contributed by atoms with Gasteiger partial charge >= 0.3 is 0 Å². The Morgan fingerprint density at radius 3 is 2.57 bits per heavy atom. The van der Waals surface area contributed by atoms with E-state index in [-0.39, 0.29) is 0 Å². The first-order chi connectivity index (χ1) is 10.2. The highest BCUT2D eigenvalue weighted by Gasteiger charge is 2.12. The third-order valence-corrected chi connectivity index (χ3v) is 3.69. The summed E-state index contributed by atoms with van der Waals surface area (Å²) in [5.74, 6) is 1.97. The van der Waals surface area contributed by atoms with Gasteiger partial charge in [-0.3, -0.25) is 4.57 Å². The molecule has 0 atom stereocenters. The van der Waals surface area contributed by atoms with Crippen LogP contribution in [0.4, 0.5) is 0 Å². The van der Waals surface area contributed by atoms with E-state index in [1.54, 1.807) is 0 Å². The van der Waals surface area contributed by atoms with Crippen molar-refractivity contribution in [1.82, 2.24) is 9.55 Å². The molecule has 0 amide bonds. The Morgan fingerprint density at radius 1 is 1.14 bits per heavy atom. The van der Waals surface area contributed by atoms with Gasteiger partial charge in [-0.05, 0) is 49.4 Å². The number of hydrogen-bond acceptors (Lipinski definition) is 2. The first-order valence-corrected chi connectivity index (χ1v) is 7.60. The van der Waals surface area contributed by atoms with Crippen molar-refractivity contribution in [2.75, 3.05) is 6.61 Å². The van der Waals surface area contributed by atoms with Crippen LogP contribution < -0.4 is 4.74 Å². The predicted molar refractivity (Wildman–Crippen MR) is 86.8 cm³/mol. The van der Waals surface area contributed by atoms with Gasteiger partial charge in [0.1, 0.15) is 11.6 Å². The van der Waals surface area contributed by atoms with E-state index >= 15 is 0 Å². The third kappa shape index (κ3) is 2.71. The van der Waals surface area contributed by atoms with Gasteiger partial charge in [-0.15, -0.1) is 11.6 Å². The molecule has 0 saturated carbocycles. The predicted octanol–water partition coefficient (Wildman–Crippen LogP) is 4.82. The maximum Gasteiger partial charge on any atom is 0.129 e. The van der Waals surface area contributed by atoms with E-state index in [0.717, 1.165) is 28.3 Å². The summed E-state index contributed by atoms with van der Waals surface area (Å²) in [6, 6.07) is 13.5. The highest BCUT2D eigenvalue weighted by molar-refractivity contribution is 6.31. The Labute approximate surface area is 133 Å². The van der Waals surface area contributed by atoms with E-state index in [1.165, 1.54) is 0 Å². The number of nitrogens with zero attached hydrogens (tertiary/aromatic N) is 2. The molecule has 0 fully saturated rings. The summed E-state index contributed by atoms with van der Waals surface area (Å²) in [4.78, 5) is 4.55. The van der Waals surface area contributed by atoms with Crippen LogP contribution in [0.2, 0.25) is 5.02 Å². The van der Waals surface area contributed by atoms with Gasteiger partial charge in [0.2, 0.25) is 0 Å². The monoisotopic (exact) mass is 320 g/mol. The molecule has 0 aliphatic rings. The van der Waals surface area contributed by atoms with Crippen LogP contribution in [0, 0.1) is 0 Å². The number of benzene rings is 2. The number of hydrogen-bond donors (Lipinski definition) is 0. The van der Waals surface area contributed by atoms with Gasteiger partial charge in [0.15, 0.2) is 0 Å². The molecule has 0 bridgehead atoms. The minimum atomic E-state index is 0.333. The van der Waals surface area contributed by atoms with Crippen molar-refractivity contribution in [3.8, 4) is 11.4 Å². The molecule has 21 heavy (non-hydrogen) atoms. The van der Waals surface area contributed by atoms with Crippen LogP contribution in [0.5, 0.6) is 5.75 Å². The van der Waals surface area contributed by atoms with Crippen molar-refractivity contribution in [3.63, 3.8) is 0 Å². The lowest BCUT2D eigenvalue weighted by Gasteiger charge is -2.09. The molecule has 0 unspecified atom stereocenters. The lowest BCUT2D eigenvalue weighted by Crippen LogP contribution is -1.99. The van der Waals surface area contributed by atoms with Gasteiger partial charge in [-0.2, -0.15) is 0 Å². The summed E-state index contributed by atoms with van der Waals surface area (Å²) in [6.45, 7) is 2.61. The fraction of sp³-hybridized carbons (Fsp3) is 0.188. The van der Waals surface area contributed by atoms with Crippen LogP contribution in [-0.4, -0.2) is 16.2 Å². The summed E-state index contributed by atoms with van der Waals surface area (Å²) < 4.78 is 7.49. The first-order valence-electron chi connectivity index (χ1n) is 6.69. The average Bonchev–Trinajstić information content (AvgIpc) is 2.86. The number of aromatic nitrogens is 2. The van der Waals surface area contributed by atoms with E-state index in [2.05, 4.69) is 4.98 Å². The van der Waals surface area contributed by atoms with Crippen molar-refractivity contribution in [1.29, 1.82) is 0 Å². The van der Waals surface area contributed by atoms with Crippen LogP contribution in [-0.2, 0) is 5.88 Å². The largest absolute Gasteiger partial charge is 0.494 e. The molecule has 0 saturated heterocycles. The second-order valence-electron chi connectivity index (χ2n) is 4.56. The minimum Gasteiger partial charge on any atom is -0.494 e. The van der Waals surface area contributed by atoms with Crippen molar-refractivity contribution in [3.05, 3.63) is 53.3 Å². The van der Waals surface area contributed by atoms with Crippen LogP contribution >= 0.6 is 23.2 Å². The zero-order chi connectivity index (χ0) is 14.8. The number of rotatable bonds is 4. The van der Waals surface area contributed by atoms with Crippen LogP contribution in [0.1, 0.15) is 12.7 Å². The summed E-state index contributed by atoms with van der Waals surface area (Å²) in [6.07, 6.45) is 0. The normalized spacial score (nSPS) is 11.0. The topological polar surface area (TPSA) is 27.1 Å². The highest BCUT2D eigenvalue weighted by atomic mass is 35.5. The zero-order valence-electron chi connectivity index (χ0n) is 11.5. The molecule has 108 valence electrons. The maximum atomic E-state index is 6.10. The molecule has 1 aromatic heterocycles. The second-order valence-corrected chi connectivity index (χ2v) is 5.26. The van der Waals surface area contributed by atoms with Crippen molar-refractivity contribution >= 4 is 34.2 Å². The Kier molecular flexibility index (Phi) is 4.04. The molecule has 2 aromatic carbocycles. The molecule has 0 radical (unpaired) electrons. The quantitative estimate of drug-likeness (QED) is 0.644. The SMILES string of the molecule is CCOc1ccc(-n2c(CCl)nc3ccc(Cl)cc32)cc1. The summed E-state index contributed by atoms with van der Waals surface area (Å²) in [7, 11) is 0. The van der Waals surface area contributed by atoms with Gasteiger partial charge in [0, 0.05) is 10.7 Å². The standard InChI is InChI=1S/C16H14Cl2N2O/c1-2-21-13-6-4-12(5-7-13)20-15-9-11(18)3-8-14(15)19-16(20)10-17/h3-9H,2,10H2,1H3. The number of fused-ring (bicyclic) bond motifs is 1. The van der Waals surface area contributed by atoms with Gasteiger partial charge in [0.25, 0.3) is 0 Å². The van der Waals surface area contributed by atoms with Crippen molar-refractivity contribution < 1.29 is 4.74 Å². The summed E-state index contributed by atoms with van der Waals surface area (Å²) >= 11 is 12.1. The minimum absolute atomic E-state index is 0.333. The Balaban J connectivity index is 2.15. The number of halogens is 2. The first kappa shape index (κ1) is 14.2.